The largest absolute Gasteiger partial charge is 0.337 e. The summed E-state index contributed by atoms with van der Waals surface area (Å²) in [4.78, 5) is 15.8. The number of hydrogen-bond donors (Lipinski definition) is 2. The van der Waals surface area contributed by atoms with E-state index in [1.807, 2.05) is 10.8 Å². The molecule has 3 aromatic rings. The van der Waals surface area contributed by atoms with Crippen molar-refractivity contribution >= 4 is 11.7 Å². The summed E-state index contributed by atoms with van der Waals surface area (Å²) >= 11 is 0. The fourth-order valence-electron chi connectivity index (χ4n) is 2.32. The van der Waals surface area contributed by atoms with Crippen molar-refractivity contribution in [2.24, 2.45) is 0 Å². The Kier molecular flexibility index (Phi) is 4.64. The number of benzene rings is 1. The first kappa shape index (κ1) is 15.9. The van der Waals surface area contributed by atoms with Gasteiger partial charge in [0, 0.05) is 31.4 Å². The van der Waals surface area contributed by atoms with Crippen molar-refractivity contribution in [1.82, 2.24) is 19.7 Å². The molecule has 2 N–H and O–H groups in total. The third kappa shape index (κ3) is 3.65. The van der Waals surface area contributed by atoms with E-state index in [2.05, 4.69) is 20.5 Å². The molecule has 2 heterocycles. The average Bonchev–Trinajstić information content (AvgIpc) is 3.19. The van der Waals surface area contributed by atoms with Gasteiger partial charge in [-0.25, -0.2) is 13.8 Å². The van der Waals surface area contributed by atoms with Crippen LogP contribution in [0, 0.1) is 11.6 Å². The van der Waals surface area contributed by atoms with Gasteiger partial charge in [-0.15, -0.1) is 0 Å². The lowest BCUT2D eigenvalue weighted by molar-refractivity contribution is -0.116. The van der Waals surface area contributed by atoms with Gasteiger partial charge >= 0.3 is 0 Å². The first-order chi connectivity index (χ1) is 11.6. The van der Waals surface area contributed by atoms with Gasteiger partial charge in [0.05, 0.1) is 17.6 Å². The highest BCUT2D eigenvalue weighted by atomic mass is 19.1. The second kappa shape index (κ2) is 7.03. The number of halogens is 2. The standard InChI is InChI=1S/C16H15F2N5O/c17-11-3-1-4-12(18)16(11)13-9-14(22-21-13)20-15(24)5-2-7-23-8-6-19-10-23/h1,3-4,6,8-10H,2,5,7H2,(H2,20,21,22,24). The number of nitrogens with one attached hydrogen (secondary N) is 2. The van der Waals surface area contributed by atoms with Crippen LogP contribution in [0.3, 0.4) is 0 Å². The Balaban J connectivity index is 1.58. The summed E-state index contributed by atoms with van der Waals surface area (Å²) in [5, 5.41) is 9.00. The van der Waals surface area contributed by atoms with Crippen LogP contribution >= 0.6 is 0 Å². The van der Waals surface area contributed by atoms with E-state index in [4.69, 9.17) is 0 Å². The van der Waals surface area contributed by atoms with Crippen molar-refractivity contribution in [3.05, 3.63) is 54.6 Å². The van der Waals surface area contributed by atoms with Crippen LogP contribution in [0.25, 0.3) is 11.3 Å². The topological polar surface area (TPSA) is 75.6 Å². The smallest absolute Gasteiger partial charge is 0.225 e. The summed E-state index contributed by atoms with van der Waals surface area (Å²) in [6.07, 6.45) is 6.12. The first-order valence-corrected chi connectivity index (χ1v) is 7.39. The van der Waals surface area contributed by atoms with Gasteiger partial charge in [0.25, 0.3) is 0 Å². The van der Waals surface area contributed by atoms with Gasteiger partial charge in [0.2, 0.25) is 5.91 Å². The fourth-order valence-corrected chi connectivity index (χ4v) is 2.32. The Bertz CT molecular complexity index is 809. The van der Waals surface area contributed by atoms with E-state index in [0.29, 0.717) is 19.4 Å². The molecule has 1 amide bonds. The maximum Gasteiger partial charge on any atom is 0.225 e. The number of amides is 1. The molecule has 2 aromatic heterocycles. The number of carbonyl (C=O) groups excluding carboxylic acids is 1. The molecule has 0 fully saturated rings. The van der Waals surface area contributed by atoms with Crippen LogP contribution < -0.4 is 5.32 Å². The number of anilines is 1. The third-order valence-corrected chi connectivity index (χ3v) is 3.46. The summed E-state index contributed by atoms with van der Waals surface area (Å²) in [6, 6.07) is 5.00. The third-order valence-electron chi connectivity index (χ3n) is 3.46. The molecule has 0 aliphatic heterocycles. The van der Waals surface area contributed by atoms with Crippen LogP contribution in [-0.4, -0.2) is 25.7 Å². The van der Waals surface area contributed by atoms with Gasteiger partial charge in [-0.2, -0.15) is 5.10 Å². The fraction of sp³-hybridized carbons (Fsp3) is 0.188. The van der Waals surface area contributed by atoms with Crippen molar-refractivity contribution in [2.45, 2.75) is 19.4 Å². The normalized spacial score (nSPS) is 10.8. The summed E-state index contributed by atoms with van der Waals surface area (Å²) in [7, 11) is 0. The number of imidazole rings is 1. The SMILES string of the molecule is O=C(CCCn1ccnc1)Nc1cc(-c2c(F)cccc2F)[nH]n1. The van der Waals surface area contributed by atoms with E-state index in [9.17, 15) is 13.6 Å². The predicted molar refractivity (Wildman–Crippen MR) is 84.0 cm³/mol. The molecule has 0 aliphatic carbocycles. The average molecular weight is 331 g/mol. The second-order valence-corrected chi connectivity index (χ2v) is 5.22. The Morgan fingerprint density at radius 2 is 2.08 bits per heavy atom. The molecule has 0 radical (unpaired) electrons. The number of H-pyrrole nitrogens is 1. The molecule has 0 unspecified atom stereocenters. The van der Waals surface area contributed by atoms with Gasteiger partial charge in [-0.05, 0) is 18.6 Å². The number of hydrogen-bond acceptors (Lipinski definition) is 3. The number of carbonyl (C=O) groups is 1. The summed E-state index contributed by atoms with van der Waals surface area (Å²) in [5.74, 6) is -1.39. The molecule has 0 spiro atoms. The first-order valence-electron chi connectivity index (χ1n) is 7.39. The Hall–Kier alpha value is -3.03. The zero-order valence-electron chi connectivity index (χ0n) is 12.7. The number of aromatic amines is 1. The molecule has 124 valence electrons. The second-order valence-electron chi connectivity index (χ2n) is 5.22. The van der Waals surface area contributed by atoms with Gasteiger partial charge in [0.15, 0.2) is 5.82 Å². The summed E-state index contributed by atoms with van der Waals surface area (Å²) in [5.41, 5.74) is -0.0371. The van der Waals surface area contributed by atoms with Gasteiger partial charge in [0.1, 0.15) is 11.6 Å². The number of aromatic nitrogens is 4. The Labute approximate surface area is 136 Å². The molecule has 24 heavy (non-hydrogen) atoms. The minimum absolute atomic E-state index is 0.166. The van der Waals surface area contributed by atoms with E-state index < -0.39 is 11.6 Å². The van der Waals surface area contributed by atoms with E-state index >= 15 is 0 Å². The van der Waals surface area contributed by atoms with Crippen LogP contribution in [0.4, 0.5) is 14.6 Å². The molecule has 3 rings (SSSR count). The van der Waals surface area contributed by atoms with Gasteiger partial charge in [-0.3, -0.25) is 9.89 Å². The molecular formula is C16H15F2N5O. The van der Waals surface area contributed by atoms with Crippen LogP contribution in [0.1, 0.15) is 12.8 Å². The lowest BCUT2D eigenvalue weighted by Gasteiger charge is -2.03. The lowest BCUT2D eigenvalue weighted by atomic mass is 10.1. The molecule has 0 saturated heterocycles. The van der Waals surface area contributed by atoms with E-state index in [0.717, 1.165) is 12.1 Å². The maximum absolute atomic E-state index is 13.7. The van der Waals surface area contributed by atoms with E-state index in [1.54, 1.807) is 12.5 Å². The maximum atomic E-state index is 13.7. The number of aryl methyl sites for hydroxylation is 1. The Morgan fingerprint density at radius 1 is 1.29 bits per heavy atom. The monoisotopic (exact) mass is 331 g/mol. The summed E-state index contributed by atoms with van der Waals surface area (Å²) < 4.78 is 29.3. The molecular weight excluding hydrogens is 316 g/mol. The molecule has 0 saturated carbocycles. The molecule has 8 heteroatoms. The zero-order chi connectivity index (χ0) is 16.9. The van der Waals surface area contributed by atoms with Gasteiger partial charge < -0.3 is 9.88 Å². The molecule has 6 nitrogen and oxygen atoms in total. The molecule has 0 bridgehead atoms. The van der Waals surface area contributed by atoms with Crippen molar-refractivity contribution in [3.8, 4) is 11.3 Å². The molecule has 0 aliphatic rings. The molecule has 1 aromatic carbocycles. The van der Waals surface area contributed by atoms with Crippen LogP contribution in [0.5, 0.6) is 0 Å². The van der Waals surface area contributed by atoms with Crippen molar-refractivity contribution in [2.75, 3.05) is 5.32 Å². The highest BCUT2D eigenvalue weighted by Crippen LogP contribution is 2.25. The number of nitrogens with zero attached hydrogens (tertiary/aromatic N) is 3. The zero-order valence-corrected chi connectivity index (χ0v) is 12.7. The lowest BCUT2D eigenvalue weighted by Crippen LogP contribution is -2.12. The van der Waals surface area contributed by atoms with Gasteiger partial charge in [-0.1, -0.05) is 6.07 Å². The van der Waals surface area contributed by atoms with Crippen LogP contribution in [-0.2, 0) is 11.3 Å². The minimum Gasteiger partial charge on any atom is -0.337 e. The van der Waals surface area contributed by atoms with Crippen molar-refractivity contribution < 1.29 is 13.6 Å². The Morgan fingerprint density at radius 3 is 2.79 bits per heavy atom. The highest BCUT2D eigenvalue weighted by molar-refractivity contribution is 5.90. The quantitative estimate of drug-likeness (QED) is 0.729. The minimum atomic E-state index is -0.697. The molecule has 0 atom stereocenters. The van der Waals surface area contributed by atoms with Crippen LogP contribution in [0.15, 0.2) is 43.0 Å². The summed E-state index contributed by atoms with van der Waals surface area (Å²) in [6.45, 7) is 0.680. The van der Waals surface area contributed by atoms with E-state index in [-0.39, 0.29) is 23.0 Å². The predicted octanol–water partition coefficient (Wildman–Crippen LogP) is 2.97. The number of rotatable bonds is 6. The van der Waals surface area contributed by atoms with E-state index in [1.165, 1.54) is 12.1 Å². The van der Waals surface area contributed by atoms with Crippen molar-refractivity contribution in [1.29, 1.82) is 0 Å². The highest BCUT2D eigenvalue weighted by Gasteiger charge is 2.14. The van der Waals surface area contributed by atoms with Crippen LogP contribution in [0.2, 0.25) is 0 Å². The van der Waals surface area contributed by atoms with Crippen molar-refractivity contribution in [3.63, 3.8) is 0 Å².